The summed E-state index contributed by atoms with van der Waals surface area (Å²) >= 11 is 6.03. The third-order valence-electron chi connectivity index (χ3n) is 2.51. The quantitative estimate of drug-likeness (QED) is 0.894. The highest BCUT2D eigenvalue weighted by molar-refractivity contribution is 6.33. The van der Waals surface area contributed by atoms with Gasteiger partial charge in [0.2, 0.25) is 5.91 Å². The van der Waals surface area contributed by atoms with Crippen LogP contribution in [-0.4, -0.2) is 24.1 Å². The Morgan fingerprint density at radius 1 is 1.29 bits per heavy atom. The van der Waals surface area contributed by atoms with Crippen molar-refractivity contribution in [2.45, 2.75) is 39.7 Å². The SMILES string of the molecule is Cc1cccc(Cl)c1NC(=O)CCNC(=O)OC(C)(C)C. The molecule has 21 heavy (non-hydrogen) atoms. The van der Waals surface area contributed by atoms with E-state index in [2.05, 4.69) is 10.6 Å². The molecule has 0 spiro atoms. The van der Waals surface area contributed by atoms with Crippen LogP contribution in [-0.2, 0) is 9.53 Å². The number of ether oxygens (including phenoxy) is 1. The fraction of sp³-hybridized carbons (Fsp3) is 0.467. The maximum absolute atomic E-state index is 11.8. The minimum atomic E-state index is -0.555. The second-order valence-corrected chi connectivity index (χ2v) is 6.07. The van der Waals surface area contributed by atoms with E-state index in [-0.39, 0.29) is 18.9 Å². The van der Waals surface area contributed by atoms with Gasteiger partial charge in [0.05, 0.1) is 10.7 Å². The summed E-state index contributed by atoms with van der Waals surface area (Å²) in [4.78, 5) is 23.2. The van der Waals surface area contributed by atoms with Gasteiger partial charge in [0.1, 0.15) is 5.60 Å². The molecule has 0 bridgehead atoms. The number of alkyl carbamates (subject to hydrolysis) is 1. The normalized spacial score (nSPS) is 10.9. The number of nitrogens with one attached hydrogen (secondary N) is 2. The van der Waals surface area contributed by atoms with E-state index in [1.807, 2.05) is 19.1 Å². The number of carbonyl (C=O) groups is 2. The molecule has 5 nitrogen and oxygen atoms in total. The lowest BCUT2D eigenvalue weighted by Crippen LogP contribution is -2.34. The highest BCUT2D eigenvalue weighted by Gasteiger charge is 2.16. The molecule has 0 atom stereocenters. The predicted octanol–water partition coefficient (Wildman–Crippen LogP) is 3.50. The van der Waals surface area contributed by atoms with E-state index in [0.29, 0.717) is 10.7 Å². The van der Waals surface area contributed by atoms with Crippen LogP contribution in [0.4, 0.5) is 10.5 Å². The Hall–Kier alpha value is -1.75. The van der Waals surface area contributed by atoms with Crippen molar-refractivity contribution in [3.63, 3.8) is 0 Å². The molecule has 1 aromatic carbocycles. The third kappa shape index (κ3) is 6.49. The van der Waals surface area contributed by atoms with Gasteiger partial charge in [0.25, 0.3) is 0 Å². The Balaban J connectivity index is 2.40. The molecule has 0 saturated carbocycles. The minimum Gasteiger partial charge on any atom is -0.444 e. The van der Waals surface area contributed by atoms with E-state index in [9.17, 15) is 9.59 Å². The van der Waals surface area contributed by atoms with Crippen molar-refractivity contribution in [3.05, 3.63) is 28.8 Å². The zero-order valence-corrected chi connectivity index (χ0v) is 13.5. The maximum Gasteiger partial charge on any atom is 0.407 e. The van der Waals surface area contributed by atoms with E-state index < -0.39 is 11.7 Å². The molecule has 0 aliphatic rings. The van der Waals surface area contributed by atoms with E-state index in [1.165, 1.54) is 0 Å². The molecular weight excluding hydrogens is 292 g/mol. The Bertz CT molecular complexity index is 504. The van der Waals surface area contributed by atoms with E-state index in [1.54, 1.807) is 26.8 Å². The summed E-state index contributed by atoms with van der Waals surface area (Å²) in [6.45, 7) is 7.39. The molecule has 0 radical (unpaired) electrons. The first-order chi connectivity index (χ1) is 9.69. The first-order valence-electron chi connectivity index (χ1n) is 6.71. The zero-order chi connectivity index (χ0) is 16.0. The number of hydrogen-bond acceptors (Lipinski definition) is 3. The second kappa shape index (κ2) is 7.31. The molecule has 0 aliphatic heterocycles. The Kier molecular flexibility index (Phi) is 6.03. The number of benzene rings is 1. The molecule has 0 saturated heterocycles. The number of anilines is 1. The lowest BCUT2D eigenvalue weighted by atomic mass is 10.2. The van der Waals surface area contributed by atoms with Gasteiger partial charge < -0.3 is 15.4 Å². The molecule has 0 heterocycles. The summed E-state index contributed by atoms with van der Waals surface area (Å²) in [5.41, 5.74) is 0.929. The molecule has 1 aromatic rings. The molecule has 0 fully saturated rings. The van der Waals surface area contributed by atoms with E-state index in [4.69, 9.17) is 16.3 Å². The molecule has 2 amide bonds. The van der Waals surface area contributed by atoms with E-state index >= 15 is 0 Å². The van der Waals surface area contributed by atoms with Crippen molar-refractivity contribution in [2.24, 2.45) is 0 Å². The standard InChI is InChI=1S/C15H21ClN2O3/c1-10-6-5-7-11(16)13(10)18-12(19)8-9-17-14(20)21-15(2,3)4/h5-7H,8-9H2,1-4H3,(H,17,20)(H,18,19). The van der Waals surface area contributed by atoms with Crippen LogP contribution in [0, 0.1) is 6.92 Å². The van der Waals surface area contributed by atoms with E-state index in [0.717, 1.165) is 5.56 Å². The third-order valence-corrected chi connectivity index (χ3v) is 2.82. The van der Waals surface area contributed by atoms with Gasteiger partial charge in [-0.2, -0.15) is 0 Å². The van der Waals surface area contributed by atoms with Crippen molar-refractivity contribution in [2.75, 3.05) is 11.9 Å². The van der Waals surface area contributed by atoms with Gasteiger partial charge in [-0.1, -0.05) is 23.7 Å². The van der Waals surface area contributed by atoms with Crippen LogP contribution < -0.4 is 10.6 Å². The number of carbonyl (C=O) groups excluding carboxylic acids is 2. The number of halogens is 1. The Morgan fingerprint density at radius 2 is 1.95 bits per heavy atom. The monoisotopic (exact) mass is 312 g/mol. The van der Waals surface area contributed by atoms with Crippen molar-refractivity contribution in [3.8, 4) is 0 Å². The van der Waals surface area contributed by atoms with Crippen molar-refractivity contribution in [1.29, 1.82) is 0 Å². The Morgan fingerprint density at radius 3 is 2.52 bits per heavy atom. The first-order valence-corrected chi connectivity index (χ1v) is 7.08. The highest BCUT2D eigenvalue weighted by Crippen LogP contribution is 2.25. The van der Waals surface area contributed by atoms with Gasteiger partial charge in [-0.05, 0) is 39.3 Å². The summed E-state index contributed by atoms with van der Waals surface area (Å²) in [6, 6.07) is 5.39. The number of aryl methyl sites for hydroxylation is 1. The second-order valence-electron chi connectivity index (χ2n) is 5.66. The number of rotatable bonds is 4. The van der Waals surface area contributed by atoms with Gasteiger partial charge in [0.15, 0.2) is 0 Å². The molecule has 2 N–H and O–H groups in total. The smallest absolute Gasteiger partial charge is 0.407 e. The van der Waals surface area contributed by atoms with Crippen LogP contribution in [0.15, 0.2) is 18.2 Å². The summed E-state index contributed by atoms with van der Waals surface area (Å²) in [5.74, 6) is -0.220. The molecule has 0 aromatic heterocycles. The highest BCUT2D eigenvalue weighted by atomic mass is 35.5. The van der Waals surface area contributed by atoms with Crippen LogP contribution >= 0.6 is 11.6 Å². The largest absolute Gasteiger partial charge is 0.444 e. The topological polar surface area (TPSA) is 67.4 Å². The van der Waals surface area contributed by atoms with Gasteiger partial charge in [-0.25, -0.2) is 4.79 Å². The summed E-state index contributed by atoms with van der Waals surface area (Å²) < 4.78 is 5.07. The van der Waals surface area contributed by atoms with Crippen LogP contribution in [0.25, 0.3) is 0 Å². The van der Waals surface area contributed by atoms with Crippen LogP contribution in [0.2, 0.25) is 5.02 Å². The lowest BCUT2D eigenvalue weighted by molar-refractivity contribution is -0.116. The van der Waals surface area contributed by atoms with Gasteiger partial charge in [-0.15, -0.1) is 0 Å². The summed E-state index contributed by atoms with van der Waals surface area (Å²) in [5, 5.41) is 5.76. The van der Waals surface area contributed by atoms with Crippen molar-refractivity contribution in [1.82, 2.24) is 5.32 Å². The van der Waals surface area contributed by atoms with Crippen LogP contribution in [0.5, 0.6) is 0 Å². The number of hydrogen-bond donors (Lipinski definition) is 2. The molecule has 0 aliphatic carbocycles. The van der Waals surface area contributed by atoms with Gasteiger partial charge in [-0.3, -0.25) is 4.79 Å². The predicted molar refractivity (Wildman–Crippen MR) is 83.7 cm³/mol. The maximum atomic E-state index is 11.8. The average molecular weight is 313 g/mol. The summed E-state index contributed by atoms with van der Waals surface area (Å²) in [6.07, 6.45) is -0.395. The van der Waals surface area contributed by atoms with Crippen LogP contribution in [0.1, 0.15) is 32.8 Å². The minimum absolute atomic E-state index is 0.143. The molecule has 6 heteroatoms. The number of amides is 2. The molecule has 116 valence electrons. The molecule has 1 rings (SSSR count). The van der Waals surface area contributed by atoms with Gasteiger partial charge in [0, 0.05) is 13.0 Å². The zero-order valence-electron chi connectivity index (χ0n) is 12.7. The number of para-hydroxylation sites is 1. The summed E-state index contributed by atoms with van der Waals surface area (Å²) in [7, 11) is 0. The first kappa shape index (κ1) is 17.3. The van der Waals surface area contributed by atoms with Crippen LogP contribution in [0.3, 0.4) is 0 Å². The average Bonchev–Trinajstić information content (AvgIpc) is 2.31. The van der Waals surface area contributed by atoms with Crippen molar-refractivity contribution < 1.29 is 14.3 Å². The van der Waals surface area contributed by atoms with Gasteiger partial charge >= 0.3 is 6.09 Å². The fourth-order valence-corrected chi connectivity index (χ4v) is 1.85. The molecular formula is C15H21ClN2O3. The Labute approximate surface area is 130 Å². The molecule has 0 unspecified atom stereocenters. The van der Waals surface area contributed by atoms with Crippen molar-refractivity contribution >= 4 is 29.3 Å². The lowest BCUT2D eigenvalue weighted by Gasteiger charge is -2.19. The fourth-order valence-electron chi connectivity index (χ4n) is 1.58.